The van der Waals surface area contributed by atoms with E-state index in [1.54, 1.807) is 28.6 Å². The molecule has 132 valence electrons. The monoisotopic (exact) mass is 358 g/mol. The van der Waals surface area contributed by atoms with E-state index in [4.69, 9.17) is 5.73 Å². The lowest BCUT2D eigenvalue weighted by molar-refractivity contribution is 0.112. The largest absolute Gasteiger partial charge is 0.326 e. The third-order valence-corrected chi connectivity index (χ3v) is 6.71. The Hall–Kier alpha value is -2.02. The molecule has 1 heterocycles. The minimum Gasteiger partial charge on any atom is -0.326 e. The van der Waals surface area contributed by atoms with E-state index in [2.05, 4.69) is 0 Å². The molecule has 2 aromatic rings. The molecule has 2 N–H and O–H groups in total. The average Bonchev–Trinajstić information content (AvgIpc) is 2.68. The predicted octanol–water partition coefficient (Wildman–Crippen LogP) is 2.53. The van der Waals surface area contributed by atoms with Gasteiger partial charge in [0, 0.05) is 25.2 Å². The van der Waals surface area contributed by atoms with E-state index >= 15 is 0 Å². The minimum atomic E-state index is -3.46. The van der Waals surface area contributed by atoms with Crippen molar-refractivity contribution >= 4 is 16.3 Å². The Labute approximate surface area is 148 Å². The fraction of sp³-hybridized carbons (Fsp3) is 0.316. The van der Waals surface area contributed by atoms with Crippen LogP contribution in [0.1, 0.15) is 40.2 Å². The van der Waals surface area contributed by atoms with Crippen LogP contribution in [-0.2, 0) is 16.6 Å². The Morgan fingerprint density at radius 1 is 1.00 bits per heavy atom. The molecule has 5 nitrogen and oxygen atoms in total. The van der Waals surface area contributed by atoms with Crippen molar-refractivity contribution in [3.63, 3.8) is 0 Å². The minimum absolute atomic E-state index is 0.318. The normalized spacial score (nSPS) is 16.7. The van der Waals surface area contributed by atoms with Crippen LogP contribution < -0.4 is 5.73 Å². The number of sulfonamides is 1. The van der Waals surface area contributed by atoms with Gasteiger partial charge in [0.25, 0.3) is 0 Å². The maximum atomic E-state index is 12.8. The Kier molecular flexibility index (Phi) is 5.32. The zero-order chi connectivity index (χ0) is 17.9. The van der Waals surface area contributed by atoms with Crippen LogP contribution in [0, 0.1) is 0 Å². The first kappa shape index (κ1) is 17.8. The summed E-state index contributed by atoms with van der Waals surface area (Å²) >= 11 is 0. The molecule has 0 saturated carbocycles. The Balaban J connectivity index is 1.68. The van der Waals surface area contributed by atoms with E-state index in [0.717, 1.165) is 30.3 Å². The summed E-state index contributed by atoms with van der Waals surface area (Å²) in [6.45, 7) is 1.40. The highest BCUT2D eigenvalue weighted by Crippen LogP contribution is 2.30. The molecular formula is C19H22N2O3S. The van der Waals surface area contributed by atoms with Crippen LogP contribution >= 0.6 is 0 Å². The van der Waals surface area contributed by atoms with Gasteiger partial charge in [-0.05, 0) is 42.0 Å². The third-order valence-electron chi connectivity index (χ3n) is 4.79. The smallest absolute Gasteiger partial charge is 0.243 e. The first-order valence-electron chi connectivity index (χ1n) is 8.39. The molecule has 0 radical (unpaired) electrons. The molecular weight excluding hydrogens is 336 g/mol. The van der Waals surface area contributed by atoms with Gasteiger partial charge in [-0.1, -0.05) is 36.4 Å². The molecule has 0 amide bonds. The van der Waals surface area contributed by atoms with E-state index < -0.39 is 10.0 Å². The van der Waals surface area contributed by atoms with Gasteiger partial charge in [-0.2, -0.15) is 4.31 Å². The number of rotatable bonds is 5. The van der Waals surface area contributed by atoms with Crippen LogP contribution in [0.15, 0.2) is 53.4 Å². The second-order valence-electron chi connectivity index (χ2n) is 6.31. The van der Waals surface area contributed by atoms with Gasteiger partial charge in [-0.25, -0.2) is 8.42 Å². The molecule has 0 atom stereocenters. The van der Waals surface area contributed by atoms with Crippen molar-refractivity contribution in [1.82, 2.24) is 4.31 Å². The fourth-order valence-corrected chi connectivity index (χ4v) is 4.69. The van der Waals surface area contributed by atoms with Gasteiger partial charge in [0.1, 0.15) is 6.29 Å². The van der Waals surface area contributed by atoms with Crippen molar-refractivity contribution in [3.05, 3.63) is 65.2 Å². The summed E-state index contributed by atoms with van der Waals surface area (Å²) in [5, 5.41) is 0. The summed E-state index contributed by atoms with van der Waals surface area (Å²) in [6, 6.07) is 14.3. The van der Waals surface area contributed by atoms with Gasteiger partial charge in [-0.3, -0.25) is 4.79 Å². The van der Waals surface area contributed by atoms with Crippen LogP contribution in [0.25, 0.3) is 0 Å². The van der Waals surface area contributed by atoms with E-state index in [1.807, 2.05) is 24.3 Å². The molecule has 6 heteroatoms. The molecule has 3 rings (SSSR count). The zero-order valence-electron chi connectivity index (χ0n) is 14.0. The quantitative estimate of drug-likeness (QED) is 0.833. The first-order chi connectivity index (χ1) is 12.0. The Bertz CT molecular complexity index is 822. The number of nitrogens with two attached hydrogens (primary N) is 1. The van der Waals surface area contributed by atoms with E-state index in [-0.39, 0.29) is 0 Å². The SMILES string of the molecule is NCc1ccc(S(=O)(=O)N2CCC(c3ccc(C=O)cc3)CC2)cc1. The summed E-state index contributed by atoms with van der Waals surface area (Å²) in [6.07, 6.45) is 2.38. The summed E-state index contributed by atoms with van der Waals surface area (Å²) in [4.78, 5) is 11.1. The third kappa shape index (κ3) is 3.81. The molecule has 2 aromatic carbocycles. The van der Waals surface area contributed by atoms with Crippen molar-refractivity contribution in [2.75, 3.05) is 13.1 Å². The molecule has 0 aromatic heterocycles. The van der Waals surface area contributed by atoms with E-state index in [1.165, 1.54) is 0 Å². The number of carbonyl (C=O) groups is 1. The molecule has 1 fully saturated rings. The highest BCUT2D eigenvalue weighted by Gasteiger charge is 2.29. The maximum Gasteiger partial charge on any atom is 0.243 e. The van der Waals surface area contributed by atoms with Crippen molar-refractivity contribution in [2.24, 2.45) is 5.73 Å². The van der Waals surface area contributed by atoms with Gasteiger partial charge in [0.05, 0.1) is 4.90 Å². The van der Waals surface area contributed by atoms with Crippen LogP contribution in [0.4, 0.5) is 0 Å². The molecule has 1 aliphatic rings. The number of benzene rings is 2. The predicted molar refractivity (Wildman–Crippen MR) is 96.9 cm³/mol. The van der Waals surface area contributed by atoms with E-state index in [0.29, 0.717) is 36.0 Å². The topological polar surface area (TPSA) is 80.5 Å². The van der Waals surface area contributed by atoms with Crippen LogP contribution in [0.3, 0.4) is 0 Å². The summed E-state index contributed by atoms with van der Waals surface area (Å²) in [5.74, 6) is 0.326. The highest BCUT2D eigenvalue weighted by molar-refractivity contribution is 7.89. The summed E-state index contributed by atoms with van der Waals surface area (Å²) in [7, 11) is -3.46. The Morgan fingerprint density at radius 3 is 2.12 bits per heavy atom. The van der Waals surface area contributed by atoms with Crippen molar-refractivity contribution in [2.45, 2.75) is 30.2 Å². The molecule has 0 bridgehead atoms. The second kappa shape index (κ2) is 7.47. The second-order valence-corrected chi connectivity index (χ2v) is 8.25. The summed E-state index contributed by atoms with van der Waals surface area (Å²) < 4.78 is 27.1. The molecule has 1 aliphatic heterocycles. The number of hydrogen-bond donors (Lipinski definition) is 1. The molecule has 0 unspecified atom stereocenters. The average molecular weight is 358 g/mol. The summed E-state index contributed by atoms with van der Waals surface area (Å²) in [5.41, 5.74) is 8.29. The van der Waals surface area contributed by atoms with Crippen LogP contribution in [-0.4, -0.2) is 32.1 Å². The lowest BCUT2D eigenvalue weighted by atomic mass is 9.90. The number of hydrogen-bond acceptors (Lipinski definition) is 4. The molecule has 25 heavy (non-hydrogen) atoms. The maximum absolute atomic E-state index is 12.8. The van der Waals surface area contributed by atoms with Gasteiger partial charge in [0.2, 0.25) is 10.0 Å². The fourth-order valence-electron chi connectivity index (χ4n) is 3.22. The van der Waals surface area contributed by atoms with E-state index in [9.17, 15) is 13.2 Å². The van der Waals surface area contributed by atoms with Crippen LogP contribution in [0.5, 0.6) is 0 Å². The molecule has 0 aliphatic carbocycles. The highest BCUT2D eigenvalue weighted by atomic mass is 32.2. The van der Waals surface area contributed by atoms with Gasteiger partial charge in [-0.15, -0.1) is 0 Å². The Morgan fingerprint density at radius 2 is 1.60 bits per heavy atom. The lowest BCUT2D eigenvalue weighted by Gasteiger charge is -2.31. The van der Waals surface area contributed by atoms with Crippen molar-refractivity contribution in [3.8, 4) is 0 Å². The standard InChI is InChI=1S/C19H22N2O3S/c20-13-15-3-7-19(8-4-15)25(23,24)21-11-9-18(10-12-21)17-5-1-16(14-22)2-6-17/h1-8,14,18H,9-13,20H2. The molecule has 1 saturated heterocycles. The number of aldehydes is 1. The number of nitrogens with zero attached hydrogens (tertiary/aromatic N) is 1. The zero-order valence-corrected chi connectivity index (χ0v) is 14.8. The lowest BCUT2D eigenvalue weighted by Crippen LogP contribution is -2.37. The van der Waals surface area contributed by atoms with Gasteiger partial charge in [0.15, 0.2) is 0 Å². The first-order valence-corrected chi connectivity index (χ1v) is 9.83. The van der Waals surface area contributed by atoms with Gasteiger partial charge >= 0.3 is 0 Å². The van der Waals surface area contributed by atoms with Crippen molar-refractivity contribution in [1.29, 1.82) is 0 Å². The van der Waals surface area contributed by atoms with Crippen molar-refractivity contribution < 1.29 is 13.2 Å². The van der Waals surface area contributed by atoms with Gasteiger partial charge < -0.3 is 5.73 Å². The van der Waals surface area contributed by atoms with Crippen LogP contribution in [0.2, 0.25) is 0 Å². The number of carbonyl (C=O) groups excluding carboxylic acids is 1. The molecule has 0 spiro atoms. The number of piperidine rings is 1.